The van der Waals surface area contributed by atoms with E-state index in [9.17, 15) is 0 Å². The van der Waals surface area contributed by atoms with Crippen molar-refractivity contribution in [1.29, 1.82) is 0 Å². The normalized spacial score (nSPS) is 52.6. The van der Waals surface area contributed by atoms with Gasteiger partial charge in [0.15, 0.2) is 0 Å². The summed E-state index contributed by atoms with van der Waals surface area (Å²) in [5.74, 6) is 1.29. The van der Waals surface area contributed by atoms with Crippen LogP contribution in [0, 0.1) is 17.3 Å². The number of hydrogen-bond acceptors (Lipinski definition) is 1. The smallest absolute Gasteiger partial charge is 0.0786 e. The molecular weight excluding hydrogens is 183 g/mol. The summed E-state index contributed by atoms with van der Waals surface area (Å²) in [6.07, 6.45) is 12.0. The van der Waals surface area contributed by atoms with Crippen LogP contribution in [0.4, 0.5) is 0 Å². The predicted molar refractivity (Wildman–Crippen MR) is 61.8 cm³/mol. The molecule has 0 N–H and O–H groups in total. The van der Waals surface area contributed by atoms with E-state index >= 15 is 0 Å². The summed E-state index contributed by atoms with van der Waals surface area (Å²) >= 11 is 0. The second kappa shape index (κ2) is 3.25. The van der Waals surface area contributed by atoms with Crippen LogP contribution in [-0.2, 0) is 4.74 Å². The minimum Gasteiger partial charge on any atom is -0.374 e. The maximum Gasteiger partial charge on any atom is 0.0786 e. The molecule has 0 amide bonds. The first kappa shape index (κ1) is 9.71. The van der Waals surface area contributed by atoms with E-state index in [4.69, 9.17) is 12.6 Å². The molecule has 2 heteroatoms. The maximum atomic E-state index is 6.16. The lowest BCUT2D eigenvalue weighted by molar-refractivity contribution is 0.0794. The van der Waals surface area contributed by atoms with Gasteiger partial charge in [0.1, 0.15) is 0 Å². The molecule has 3 aliphatic rings. The van der Waals surface area contributed by atoms with Crippen LogP contribution >= 0.6 is 0 Å². The summed E-state index contributed by atoms with van der Waals surface area (Å²) in [7, 11) is 6.16. The van der Waals surface area contributed by atoms with Crippen LogP contribution in [-0.4, -0.2) is 20.6 Å². The topological polar surface area (TPSA) is 9.23 Å². The lowest BCUT2D eigenvalue weighted by Gasteiger charge is -2.45. The Kier molecular flexibility index (Phi) is 2.10. The monoisotopic (exact) mass is 200 g/mol. The van der Waals surface area contributed by atoms with Crippen LogP contribution in [0.25, 0.3) is 0 Å². The minimum atomic E-state index is 0.215. The van der Waals surface area contributed by atoms with Crippen LogP contribution in [0.3, 0.4) is 0 Å². The maximum absolute atomic E-state index is 6.16. The number of rotatable bonds is 0. The Morgan fingerprint density at radius 2 is 2.27 bits per heavy atom. The summed E-state index contributed by atoms with van der Waals surface area (Å²) in [4.78, 5) is 0. The van der Waals surface area contributed by atoms with Crippen molar-refractivity contribution in [2.45, 2.75) is 31.7 Å². The van der Waals surface area contributed by atoms with Crippen molar-refractivity contribution >= 4 is 7.85 Å². The van der Waals surface area contributed by atoms with Gasteiger partial charge in [0, 0.05) is 6.61 Å². The van der Waals surface area contributed by atoms with E-state index in [1.807, 2.05) is 0 Å². The molecule has 1 nitrogen and oxygen atoms in total. The molecule has 0 spiro atoms. The highest BCUT2D eigenvalue weighted by molar-refractivity contribution is 6.12. The van der Waals surface area contributed by atoms with Crippen molar-refractivity contribution in [1.82, 2.24) is 0 Å². The quantitative estimate of drug-likeness (QED) is 0.431. The summed E-state index contributed by atoms with van der Waals surface area (Å²) in [5.41, 5.74) is 0.321. The molecule has 1 aliphatic heterocycles. The average Bonchev–Trinajstić information content (AvgIpc) is 2.60. The fourth-order valence-corrected chi connectivity index (χ4v) is 3.44. The first-order chi connectivity index (χ1) is 7.21. The SMILES string of the molecule is [B]C1COC2C=CC3(C)CCC=CC3[C@H]12. The summed E-state index contributed by atoms with van der Waals surface area (Å²) in [6, 6.07) is 0. The highest BCUT2D eigenvalue weighted by Gasteiger charge is 2.47. The van der Waals surface area contributed by atoms with Gasteiger partial charge in [-0.05, 0) is 35.9 Å². The molecule has 2 radical (unpaired) electrons. The molecule has 3 rings (SSSR count). The molecule has 2 aliphatic carbocycles. The zero-order valence-electron chi connectivity index (χ0n) is 9.23. The van der Waals surface area contributed by atoms with Crippen LogP contribution < -0.4 is 0 Å². The van der Waals surface area contributed by atoms with Crippen molar-refractivity contribution < 1.29 is 4.74 Å². The van der Waals surface area contributed by atoms with Crippen LogP contribution in [0.15, 0.2) is 24.3 Å². The van der Waals surface area contributed by atoms with Gasteiger partial charge in [0.05, 0.1) is 14.0 Å². The second-order valence-electron chi connectivity index (χ2n) is 5.40. The van der Waals surface area contributed by atoms with Crippen LogP contribution in [0.2, 0.25) is 5.82 Å². The third-order valence-electron chi connectivity index (χ3n) is 4.39. The summed E-state index contributed by atoms with van der Waals surface area (Å²) in [6.45, 7) is 3.08. The Balaban J connectivity index is 2.00. The van der Waals surface area contributed by atoms with Gasteiger partial charge in [0.25, 0.3) is 0 Å². The first-order valence-electron chi connectivity index (χ1n) is 5.94. The van der Waals surface area contributed by atoms with Gasteiger partial charge in [-0.25, -0.2) is 0 Å². The fourth-order valence-electron chi connectivity index (χ4n) is 3.44. The molecule has 0 aromatic heterocycles. The largest absolute Gasteiger partial charge is 0.374 e. The molecule has 4 unspecified atom stereocenters. The molecule has 1 fully saturated rings. The highest BCUT2D eigenvalue weighted by Crippen LogP contribution is 2.52. The molecule has 5 atom stereocenters. The third kappa shape index (κ3) is 1.34. The Labute approximate surface area is 93.0 Å². The van der Waals surface area contributed by atoms with E-state index in [1.165, 1.54) is 12.8 Å². The predicted octanol–water partition coefficient (Wildman–Crippen LogP) is 2.50. The number of allylic oxidation sites excluding steroid dienone is 3. The first-order valence-corrected chi connectivity index (χ1v) is 5.94. The average molecular weight is 200 g/mol. The number of hydrogen-bond donors (Lipinski definition) is 0. The molecule has 0 aromatic carbocycles. The molecule has 0 saturated carbocycles. The van der Waals surface area contributed by atoms with Gasteiger partial charge in [-0.3, -0.25) is 0 Å². The van der Waals surface area contributed by atoms with Gasteiger partial charge < -0.3 is 4.74 Å². The van der Waals surface area contributed by atoms with Gasteiger partial charge >= 0.3 is 0 Å². The number of fused-ring (bicyclic) bond motifs is 3. The molecule has 1 heterocycles. The van der Waals surface area contributed by atoms with Gasteiger partial charge in [0.2, 0.25) is 0 Å². The zero-order chi connectivity index (χ0) is 10.5. The fraction of sp³-hybridized carbons (Fsp3) is 0.692. The Morgan fingerprint density at radius 1 is 1.40 bits per heavy atom. The highest BCUT2D eigenvalue weighted by atomic mass is 16.5. The van der Waals surface area contributed by atoms with Crippen molar-refractivity contribution in [3.05, 3.63) is 24.3 Å². The molecular formula is C13H17BO. The molecule has 1 saturated heterocycles. The lowest BCUT2D eigenvalue weighted by Crippen LogP contribution is -2.40. The van der Waals surface area contributed by atoms with Crippen molar-refractivity contribution in [3.8, 4) is 0 Å². The van der Waals surface area contributed by atoms with Crippen molar-refractivity contribution in [2.24, 2.45) is 17.3 Å². The van der Waals surface area contributed by atoms with Gasteiger partial charge in [-0.2, -0.15) is 0 Å². The minimum absolute atomic E-state index is 0.215. The van der Waals surface area contributed by atoms with E-state index in [0.717, 1.165) is 6.61 Å². The third-order valence-corrected chi connectivity index (χ3v) is 4.39. The Morgan fingerprint density at radius 3 is 3.13 bits per heavy atom. The summed E-state index contributed by atoms with van der Waals surface area (Å²) < 4.78 is 5.72. The standard InChI is InChI=1S/C13H17BO/c1-13-6-3-2-4-9(13)12-10(14)8-15-11(12)5-7-13/h2,4-5,7,9-12H,3,6,8H2,1H3/t9?,10?,11?,12-,13?/m1/s1. The van der Waals surface area contributed by atoms with Crippen molar-refractivity contribution in [2.75, 3.05) is 6.61 Å². The molecule has 78 valence electrons. The molecule has 0 bridgehead atoms. The van der Waals surface area contributed by atoms with E-state index in [1.54, 1.807) is 0 Å². The number of ether oxygens (including phenoxy) is 1. The Bertz CT molecular complexity index is 322. The van der Waals surface area contributed by atoms with E-state index in [2.05, 4.69) is 31.2 Å². The van der Waals surface area contributed by atoms with Gasteiger partial charge in [-0.1, -0.05) is 31.2 Å². The van der Waals surface area contributed by atoms with Gasteiger partial charge in [-0.15, -0.1) is 0 Å². The van der Waals surface area contributed by atoms with E-state index in [0.29, 0.717) is 17.3 Å². The van der Waals surface area contributed by atoms with E-state index in [-0.39, 0.29) is 11.9 Å². The zero-order valence-corrected chi connectivity index (χ0v) is 9.23. The lowest BCUT2D eigenvalue weighted by atomic mass is 9.56. The molecule has 0 aromatic rings. The Hall–Kier alpha value is -0.495. The summed E-state index contributed by atoms with van der Waals surface area (Å²) in [5, 5.41) is 0. The van der Waals surface area contributed by atoms with Crippen LogP contribution in [0.5, 0.6) is 0 Å². The molecule has 15 heavy (non-hydrogen) atoms. The van der Waals surface area contributed by atoms with E-state index < -0.39 is 0 Å². The van der Waals surface area contributed by atoms with Crippen LogP contribution in [0.1, 0.15) is 19.8 Å². The second-order valence-corrected chi connectivity index (χ2v) is 5.40. The van der Waals surface area contributed by atoms with Crippen molar-refractivity contribution in [3.63, 3.8) is 0 Å².